The molecule has 4 rings (SSSR count). The van der Waals surface area contributed by atoms with Gasteiger partial charge >= 0.3 is 6.18 Å². The summed E-state index contributed by atoms with van der Waals surface area (Å²) < 4.78 is 41.0. The number of amides is 1. The quantitative estimate of drug-likeness (QED) is 0.478. The van der Waals surface area contributed by atoms with Crippen molar-refractivity contribution in [1.82, 2.24) is 19.9 Å². The summed E-state index contributed by atoms with van der Waals surface area (Å²) in [6.45, 7) is -0.117. The molecule has 0 aliphatic rings. The van der Waals surface area contributed by atoms with E-state index in [4.69, 9.17) is 11.6 Å². The Kier molecular flexibility index (Phi) is 5.65. The number of carbonyl (C=O) groups is 1. The average Bonchev–Trinajstić information content (AvgIpc) is 3.15. The molecule has 1 N–H and O–H groups in total. The van der Waals surface area contributed by atoms with Crippen molar-refractivity contribution < 1.29 is 18.0 Å². The van der Waals surface area contributed by atoms with E-state index in [0.29, 0.717) is 0 Å². The lowest BCUT2D eigenvalue weighted by atomic mass is 9.90. The van der Waals surface area contributed by atoms with Crippen molar-refractivity contribution in [3.63, 3.8) is 0 Å². The molecule has 0 saturated heterocycles. The third-order valence-electron chi connectivity index (χ3n) is 4.80. The first-order chi connectivity index (χ1) is 14.8. The van der Waals surface area contributed by atoms with Gasteiger partial charge in [0.15, 0.2) is 11.5 Å². The van der Waals surface area contributed by atoms with Crippen molar-refractivity contribution in [2.45, 2.75) is 18.6 Å². The fraction of sp³-hybridized carbons (Fsp3) is 0.136. The van der Waals surface area contributed by atoms with Gasteiger partial charge in [-0.3, -0.25) is 9.20 Å². The molecular formula is C22H16ClF3N4O. The maximum atomic E-state index is 13.3. The molecular weight excluding hydrogens is 429 g/mol. The van der Waals surface area contributed by atoms with Crippen LogP contribution in [0, 0.1) is 0 Å². The van der Waals surface area contributed by atoms with E-state index in [0.717, 1.165) is 21.6 Å². The number of nitrogens with one attached hydrogen (secondary N) is 1. The lowest BCUT2D eigenvalue weighted by molar-refractivity contribution is -0.136. The van der Waals surface area contributed by atoms with Crippen molar-refractivity contribution in [2.75, 3.05) is 0 Å². The monoisotopic (exact) mass is 444 g/mol. The molecule has 1 amide bonds. The maximum Gasteiger partial charge on any atom is 0.420 e. The van der Waals surface area contributed by atoms with E-state index in [1.165, 1.54) is 6.20 Å². The first-order valence-electron chi connectivity index (χ1n) is 9.32. The Morgan fingerprint density at radius 3 is 2.13 bits per heavy atom. The maximum absolute atomic E-state index is 13.3. The summed E-state index contributed by atoms with van der Waals surface area (Å²) in [6.07, 6.45) is -3.34. The summed E-state index contributed by atoms with van der Waals surface area (Å²) in [5, 5.41) is 10.1. The lowest BCUT2D eigenvalue weighted by Crippen LogP contribution is -2.30. The molecule has 0 radical (unpaired) electrons. The predicted molar refractivity (Wildman–Crippen MR) is 110 cm³/mol. The van der Waals surface area contributed by atoms with Gasteiger partial charge in [0.25, 0.3) is 0 Å². The molecule has 0 bridgehead atoms. The molecule has 5 nitrogen and oxygen atoms in total. The summed E-state index contributed by atoms with van der Waals surface area (Å²) in [5.41, 5.74) is 0.222. The molecule has 0 unspecified atom stereocenters. The van der Waals surface area contributed by atoms with Gasteiger partial charge in [-0.05, 0) is 17.2 Å². The second-order valence-electron chi connectivity index (χ2n) is 6.85. The van der Waals surface area contributed by atoms with E-state index in [-0.39, 0.29) is 28.9 Å². The predicted octanol–water partition coefficient (Wildman–Crippen LogP) is 4.85. The third-order valence-corrected chi connectivity index (χ3v) is 5.00. The van der Waals surface area contributed by atoms with E-state index in [2.05, 4.69) is 15.5 Å². The Morgan fingerprint density at radius 2 is 1.58 bits per heavy atom. The van der Waals surface area contributed by atoms with Crippen LogP contribution in [0.3, 0.4) is 0 Å². The minimum absolute atomic E-state index is 0.112. The molecule has 0 aliphatic heterocycles. The zero-order valence-electron chi connectivity index (χ0n) is 16.0. The van der Waals surface area contributed by atoms with Gasteiger partial charge in [0.1, 0.15) is 5.56 Å². The second-order valence-corrected chi connectivity index (χ2v) is 7.29. The topological polar surface area (TPSA) is 59.3 Å². The SMILES string of the molecule is O=C(NCc1nnc2c(C(F)(F)F)cc(Cl)cn12)C(c1ccccc1)c1ccccc1. The molecule has 158 valence electrons. The Labute approximate surface area is 180 Å². The van der Waals surface area contributed by atoms with Crippen molar-refractivity contribution in [3.8, 4) is 0 Å². The summed E-state index contributed by atoms with van der Waals surface area (Å²) in [5.74, 6) is -0.764. The van der Waals surface area contributed by atoms with Crippen LogP contribution in [0.1, 0.15) is 28.4 Å². The zero-order valence-corrected chi connectivity index (χ0v) is 16.7. The van der Waals surface area contributed by atoms with Crippen molar-refractivity contribution >= 4 is 23.2 Å². The molecule has 0 saturated carbocycles. The fourth-order valence-electron chi connectivity index (χ4n) is 3.39. The van der Waals surface area contributed by atoms with Gasteiger partial charge in [0.2, 0.25) is 5.91 Å². The highest BCUT2D eigenvalue weighted by Crippen LogP contribution is 2.34. The number of alkyl halides is 3. The number of aromatic nitrogens is 3. The minimum Gasteiger partial charge on any atom is -0.348 e. The number of nitrogens with zero attached hydrogens (tertiary/aromatic N) is 3. The van der Waals surface area contributed by atoms with Gasteiger partial charge < -0.3 is 5.32 Å². The van der Waals surface area contributed by atoms with E-state index in [1.54, 1.807) is 0 Å². The normalized spacial score (nSPS) is 11.8. The summed E-state index contributed by atoms with van der Waals surface area (Å²) in [4.78, 5) is 13.1. The number of halogens is 4. The smallest absolute Gasteiger partial charge is 0.348 e. The molecule has 0 atom stereocenters. The molecule has 2 heterocycles. The van der Waals surface area contributed by atoms with Gasteiger partial charge in [-0.15, -0.1) is 10.2 Å². The number of rotatable bonds is 5. The molecule has 0 aliphatic carbocycles. The molecule has 9 heteroatoms. The highest BCUT2D eigenvalue weighted by molar-refractivity contribution is 6.30. The van der Waals surface area contributed by atoms with Gasteiger partial charge in [-0.25, -0.2) is 0 Å². The van der Waals surface area contributed by atoms with E-state index in [9.17, 15) is 18.0 Å². The van der Waals surface area contributed by atoms with Gasteiger partial charge in [0, 0.05) is 6.20 Å². The Morgan fingerprint density at radius 1 is 1.00 bits per heavy atom. The first-order valence-corrected chi connectivity index (χ1v) is 9.70. The number of carbonyl (C=O) groups excluding carboxylic acids is 1. The van der Waals surface area contributed by atoms with Crippen LogP contribution >= 0.6 is 11.6 Å². The highest BCUT2D eigenvalue weighted by Gasteiger charge is 2.35. The third kappa shape index (κ3) is 4.39. The van der Waals surface area contributed by atoms with Crippen LogP contribution in [0.15, 0.2) is 72.9 Å². The lowest BCUT2D eigenvalue weighted by Gasteiger charge is -2.17. The van der Waals surface area contributed by atoms with Gasteiger partial charge in [0.05, 0.1) is 17.5 Å². The summed E-state index contributed by atoms with van der Waals surface area (Å²) >= 11 is 5.87. The van der Waals surface area contributed by atoms with Gasteiger partial charge in [-0.1, -0.05) is 72.3 Å². The summed E-state index contributed by atoms with van der Waals surface area (Å²) in [7, 11) is 0. The van der Waals surface area contributed by atoms with Crippen LogP contribution in [-0.2, 0) is 17.5 Å². The summed E-state index contributed by atoms with van der Waals surface area (Å²) in [6, 6.07) is 19.2. The fourth-order valence-corrected chi connectivity index (χ4v) is 3.60. The number of benzene rings is 2. The Bertz CT molecular complexity index is 1170. The zero-order chi connectivity index (χ0) is 22.0. The van der Waals surface area contributed by atoms with Crippen LogP contribution in [-0.4, -0.2) is 20.5 Å². The number of hydrogen-bond acceptors (Lipinski definition) is 3. The first kappa shape index (κ1) is 20.9. The molecule has 0 fully saturated rings. The standard InChI is InChI=1S/C22H16ClF3N4O/c23-16-11-17(22(24,25)26)20-29-28-18(30(20)13-16)12-27-21(31)19(14-7-3-1-4-8-14)15-9-5-2-6-10-15/h1-11,13,19H,12H2,(H,27,31). The number of pyridine rings is 1. The van der Waals surface area contributed by atoms with Crippen LogP contribution in [0.25, 0.3) is 5.65 Å². The van der Waals surface area contributed by atoms with Gasteiger partial charge in [-0.2, -0.15) is 13.2 Å². The van der Waals surface area contributed by atoms with Crippen LogP contribution in [0.4, 0.5) is 13.2 Å². The van der Waals surface area contributed by atoms with Crippen LogP contribution < -0.4 is 5.32 Å². The van der Waals surface area contributed by atoms with E-state index >= 15 is 0 Å². The largest absolute Gasteiger partial charge is 0.420 e. The van der Waals surface area contributed by atoms with E-state index < -0.39 is 17.7 Å². The van der Waals surface area contributed by atoms with Crippen molar-refractivity contribution in [2.24, 2.45) is 0 Å². The van der Waals surface area contributed by atoms with E-state index in [1.807, 2.05) is 60.7 Å². The van der Waals surface area contributed by atoms with Crippen LogP contribution in [0.2, 0.25) is 5.02 Å². The Hall–Kier alpha value is -3.39. The van der Waals surface area contributed by atoms with Crippen molar-refractivity contribution in [3.05, 3.63) is 100 Å². The average molecular weight is 445 g/mol. The molecule has 2 aromatic carbocycles. The Balaban J connectivity index is 1.63. The second kappa shape index (κ2) is 8.39. The number of hydrogen-bond donors (Lipinski definition) is 1. The number of fused-ring (bicyclic) bond motifs is 1. The highest BCUT2D eigenvalue weighted by atomic mass is 35.5. The molecule has 0 spiro atoms. The van der Waals surface area contributed by atoms with Crippen molar-refractivity contribution in [1.29, 1.82) is 0 Å². The van der Waals surface area contributed by atoms with Crippen LogP contribution in [0.5, 0.6) is 0 Å². The molecule has 31 heavy (non-hydrogen) atoms. The molecule has 4 aromatic rings. The minimum atomic E-state index is -4.63. The molecule has 2 aromatic heterocycles.